The summed E-state index contributed by atoms with van der Waals surface area (Å²) in [4.78, 5) is 26.5. The Bertz CT molecular complexity index is 651. The first-order valence-electron chi connectivity index (χ1n) is 6.03. The summed E-state index contributed by atoms with van der Waals surface area (Å²) in [7, 11) is 0. The number of ether oxygens (including phenoxy) is 1. The Morgan fingerprint density at radius 1 is 1.52 bits per heavy atom. The predicted octanol–water partition coefficient (Wildman–Crippen LogP) is 2.68. The first kappa shape index (κ1) is 14.9. The summed E-state index contributed by atoms with van der Waals surface area (Å²) in [5.74, 6) is -1.47. The minimum atomic E-state index is -1.26. The van der Waals surface area contributed by atoms with Crippen LogP contribution in [0, 0.1) is 17.0 Å². The number of hydrogen-bond donors (Lipinski definition) is 1. The maximum atomic E-state index is 11.1. The van der Waals surface area contributed by atoms with E-state index in [1.165, 1.54) is 29.5 Å². The molecule has 1 N–H and O–H groups in total. The van der Waals surface area contributed by atoms with Crippen LogP contribution in [0.2, 0.25) is 0 Å². The highest BCUT2D eigenvalue weighted by Crippen LogP contribution is 2.31. The molecule has 0 amide bonds. The number of hydrogen-bond acceptors (Lipinski definition) is 6. The maximum Gasteiger partial charge on any atom is 0.339 e. The summed E-state index contributed by atoms with van der Waals surface area (Å²) in [5.41, 5.74) is 2.02. The second kappa shape index (κ2) is 6.31. The summed E-state index contributed by atoms with van der Waals surface area (Å²) >= 11 is 1.46. The fourth-order valence-electron chi connectivity index (χ4n) is 1.80. The SMILES string of the molecule is Cc1ncsc1CCOc1c(C(=O)O)cccc1[N+](=O)[O-]. The van der Waals surface area contributed by atoms with Gasteiger partial charge >= 0.3 is 11.7 Å². The van der Waals surface area contributed by atoms with E-state index in [-0.39, 0.29) is 23.6 Å². The van der Waals surface area contributed by atoms with Gasteiger partial charge in [0.15, 0.2) is 0 Å². The molecular weight excluding hydrogens is 296 g/mol. The largest absolute Gasteiger partial charge is 0.486 e. The first-order valence-corrected chi connectivity index (χ1v) is 6.91. The van der Waals surface area contributed by atoms with Gasteiger partial charge in [-0.1, -0.05) is 6.07 Å². The number of nitro groups is 1. The molecule has 1 aromatic carbocycles. The molecule has 1 aromatic heterocycles. The number of nitro benzene ring substituents is 1. The molecule has 2 aromatic rings. The summed E-state index contributed by atoms with van der Waals surface area (Å²) in [6, 6.07) is 3.82. The standard InChI is InChI=1S/C13H12N2O5S/c1-8-11(21-7-14-8)5-6-20-12-9(13(16)17)3-2-4-10(12)15(18)19/h2-4,7H,5-6H2,1H3,(H,16,17). The molecule has 0 aliphatic heterocycles. The van der Waals surface area contributed by atoms with E-state index in [1.807, 2.05) is 6.92 Å². The number of aromatic carboxylic acids is 1. The van der Waals surface area contributed by atoms with Gasteiger partial charge in [0.2, 0.25) is 5.75 Å². The van der Waals surface area contributed by atoms with Crippen LogP contribution in [0.3, 0.4) is 0 Å². The summed E-state index contributed by atoms with van der Waals surface area (Å²) in [6.45, 7) is 2.01. The van der Waals surface area contributed by atoms with Gasteiger partial charge in [0.1, 0.15) is 5.56 Å². The molecule has 0 aliphatic rings. The van der Waals surface area contributed by atoms with Crippen molar-refractivity contribution in [1.82, 2.24) is 4.98 Å². The molecule has 0 unspecified atom stereocenters. The van der Waals surface area contributed by atoms with Gasteiger partial charge in [0.05, 0.1) is 22.7 Å². The number of thiazole rings is 1. The van der Waals surface area contributed by atoms with E-state index in [2.05, 4.69) is 4.98 Å². The lowest BCUT2D eigenvalue weighted by Crippen LogP contribution is -2.08. The molecular formula is C13H12N2O5S. The number of para-hydroxylation sites is 1. The molecule has 21 heavy (non-hydrogen) atoms. The van der Waals surface area contributed by atoms with E-state index in [4.69, 9.17) is 9.84 Å². The number of rotatable bonds is 6. The highest BCUT2D eigenvalue weighted by atomic mass is 32.1. The molecule has 0 fully saturated rings. The fraction of sp³-hybridized carbons (Fsp3) is 0.231. The van der Waals surface area contributed by atoms with Crippen LogP contribution in [-0.4, -0.2) is 27.6 Å². The maximum absolute atomic E-state index is 11.1. The molecule has 0 spiro atoms. The van der Waals surface area contributed by atoms with Gasteiger partial charge in [-0.25, -0.2) is 9.78 Å². The molecule has 8 heteroatoms. The molecule has 2 rings (SSSR count). The fourth-order valence-corrected chi connectivity index (χ4v) is 2.56. The van der Waals surface area contributed by atoms with Crippen LogP contribution in [0.15, 0.2) is 23.7 Å². The average Bonchev–Trinajstić information content (AvgIpc) is 2.84. The van der Waals surface area contributed by atoms with Crippen LogP contribution in [0.4, 0.5) is 5.69 Å². The zero-order valence-electron chi connectivity index (χ0n) is 11.1. The van der Waals surface area contributed by atoms with Crippen molar-refractivity contribution in [2.45, 2.75) is 13.3 Å². The van der Waals surface area contributed by atoms with E-state index in [9.17, 15) is 14.9 Å². The summed E-state index contributed by atoms with van der Waals surface area (Å²) < 4.78 is 5.38. The highest BCUT2D eigenvalue weighted by Gasteiger charge is 2.22. The molecule has 7 nitrogen and oxygen atoms in total. The lowest BCUT2D eigenvalue weighted by molar-refractivity contribution is -0.385. The Kier molecular flexibility index (Phi) is 4.49. The molecule has 0 bridgehead atoms. The van der Waals surface area contributed by atoms with Gasteiger partial charge in [-0.15, -0.1) is 11.3 Å². The molecule has 0 saturated heterocycles. The monoisotopic (exact) mass is 308 g/mol. The molecule has 1 heterocycles. The lowest BCUT2D eigenvalue weighted by Gasteiger charge is -2.09. The van der Waals surface area contributed by atoms with Crippen LogP contribution in [-0.2, 0) is 6.42 Å². The Balaban J connectivity index is 2.19. The number of aryl methyl sites for hydroxylation is 1. The number of carbonyl (C=O) groups is 1. The molecule has 0 aliphatic carbocycles. The van der Waals surface area contributed by atoms with Crippen LogP contribution < -0.4 is 4.74 Å². The number of benzene rings is 1. The van der Waals surface area contributed by atoms with Gasteiger partial charge in [0, 0.05) is 17.4 Å². The Morgan fingerprint density at radius 2 is 2.29 bits per heavy atom. The van der Waals surface area contributed by atoms with Crippen molar-refractivity contribution in [2.24, 2.45) is 0 Å². The summed E-state index contributed by atoms with van der Waals surface area (Å²) in [6.07, 6.45) is 0.515. The Hall–Kier alpha value is -2.48. The van der Waals surface area contributed by atoms with Crippen molar-refractivity contribution in [1.29, 1.82) is 0 Å². The smallest absolute Gasteiger partial charge is 0.339 e. The van der Waals surface area contributed by atoms with E-state index in [0.29, 0.717) is 6.42 Å². The summed E-state index contributed by atoms with van der Waals surface area (Å²) in [5, 5.41) is 20.1. The number of carboxylic acids is 1. The van der Waals surface area contributed by atoms with Crippen LogP contribution in [0.25, 0.3) is 0 Å². The van der Waals surface area contributed by atoms with E-state index in [0.717, 1.165) is 10.6 Å². The zero-order valence-corrected chi connectivity index (χ0v) is 11.9. The van der Waals surface area contributed by atoms with Crippen molar-refractivity contribution >= 4 is 23.0 Å². The van der Waals surface area contributed by atoms with Gasteiger partial charge in [-0.3, -0.25) is 10.1 Å². The highest BCUT2D eigenvalue weighted by molar-refractivity contribution is 7.09. The molecule has 0 radical (unpaired) electrons. The van der Waals surface area contributed by atoms with Gasteiger partial charge in [-0.05, 0) is 13.0 Å². The van der Waals surface area contributed by atoms with Gasteiger partial charge in [0.25, 0.3) is 0 Å². The third-order valence-corrected chi connectivity index (χ3v) is 3.84. The molecule has 110 valence electrons. The van der Waals surface area contributed by atoms with Crippen molar-refractivity contribution in [3.8, 4) is 5.75 Å². The number of carboxylic acid groups (broad SMARTS) is 1. The Morgan fingerprint density at radius 3 is 2.86 bits per heavy atom. The number of nitrogens with zero attached hydrogens (tertiary/aromatic N) is 2. The van der Waals surface area contributed by atoms with Gasteiger partial charge < -0.3 is 9.84 Å². The van der Waals surface area contributed by atoms with E-state index >= 15 is 0 Å². The minimum absolute atomic E-state index is 0.147. The van der Waals surface area contributed by atoms with Crippen LogP contribution >= 0.6 is 11.3 Å². The lowest BCUT2D eigenvalue weighted by atomic mass is 10.1. The third kappa shape index (κ3) is 3.34. The van der Waals surface area contributed by atoms with Crippen molar-refractivity contribution in [2.75, 3.05) is 6.61 Å². The van der Waals surface area contributed by atoms with E-state index < -0.39 is 10.9 Å². The van der Waals surface area contributed by atoms with Crippen LogP contribution in [0.5, 0.6) is 5.75 Å². The van der Waals surface area contributed by atoms with Crippen LogP contribution in [0.1, 0.15) is 20.9 Å². The average molecular weight is 308 g/mol. The first-order chi connectivity index (χ1) is 10.0. The third-order valence-electron chi connectivity index (χ3n) is 2.84. The predicted molar refractivity (Wildman–Crippen MR) is 76.1 cm³/mol. The van der Waals surface area contributed by atoms with Crippen molar-refractivity contribution < 1.29 is 19.6 Å². The second-order valence-corrected chi connectivity index (χ2v) is 5.11. The zero-order chi connectivity index (χ0) is 15.4. The van der Waals surface area contributed by atoms with Crippen molar-refractivity contribution in [3.05, 3.63) is 50.0 Å². The Labute approximate surface area is 124 Å². The number of aromatic nitrogens is 1. The van der Waals surface area contributed by atoms with E-state index in [1.54, 1.807) is 5.51 Å². The van der Waals surface area contributed by atoms with Gasteiger partial charge in [-0.2, -0.15) is 0 Å². The molecule has 0 saturated carbocycles. The normalized spacial score (nSPS) is 10.3. The molecule has 0 atom stereocenters. The second-order valence-electron chi connectivity index (χ2n) is 4.18. The quantitative estimate of drug-likeness (QED) is 0.650. The topological polar surface area (TPSA) is 103 Å². The minimum Gasteiger partial charge on any atom is -0.486 e. The van der Waals surface area contributed by atoms with Crippen molar-refractivity contribution in [3.63, 3.8) is 0 Å².